The van der Waals surface area contributed by atoms with E-state index < -0.39 is 11.9 Å². The van der Waals surface area contributed by atoms with Crippen LogP contribution < -0.4 is 5.73 Å². The molecule has 0 saturated carbocycles. The molecule has 0 heterocycles. The van der Waals surface area contributed by atoms with Gasteiger partial charge in [-0.1, -0.05) is 72.8 Å². The van der Waals surface area contributed by atoms with Crippen LogP contribution in [0.5, 0.6) is 0 Å². The normalized spacial score (nSPS) is 14.0. The number of nitrogens with two attached hydrogens (primary N) is 1. The fourth-order valence-electron chi connectivity index (χ4n) is 2.15. The lowest BCUT2D eigenvalue weighted by atomic mass is 9.97. The SMILES string of the molecule is N[C@H](/C=C\[C@@H](Cc1ccccc1)C(=O)O)c1ccccc1. The lowest BCUT2D eigenvalue weighted by Crippen LogP contribution is -2.15. The standard InChI is InChI=1S/C18H19NO2/c19-17(15-9-5-2-6-10-15)12-11-16(18(20)21)13-14-7-3-1-4-8-14/h1-12,16-17H,13,19H2,(H,20,21)/b12-11-/t16-,17+/m0/s1. The van der Waals surface area contributed by atoms with Crippen molar-refractivity contribution in [2.24, 2.45) is 11.7 Å². The minimum Gasteiger partial charge on any atom is -0.481 e. The van der Waals surface area contributed by atoms with E-state index in [0.29, 0.717) is 6.42 Å². The highest BCUT2D eigenvalue weighted by Crippen LogP contribution is 2.15. The highest BCUT2D eigenvalue weighted by Gasteiger charge is 2.15. The molecule has 0 aromatic heterocycles. The van der Waals surface area contributed by atoms with Crippen molar-refractivity contribution < 1.29 is 9.90 Å². The van der Waals surface area contributed by atoms with Crippen LogP contribution >= 0.6 is 0 Å². The Hall–Kier alpha value is -2.39. The maximum atomic E-state index is 11.4. The third-order valence-corrected chi connectivity index (χ3v) is 3.35. The highest BCUT2D eigenvalue weighted by atomic mass is 16.4. The van der Waals surface area contributed by atoms with Crippen molar-refractivity contribution in [3.05, 3.63) is 83.9 Å². The van der Waals surface area contributed by atoms with E-state index in [1.807, 2.05) is 60.7 Å². The second-order valence-electron chi connectivity index (χ2n) is 4.96. The number of hydrogen-bond acceptors (Lipinski definition) is 2. The number of hydrogen-bond donors (Lipinski definition) is 2. The first-order valence-electron chi connectivity index (χ1n) is 6.92. The molecular weight excluding hydrogens is 262 g/mol. The summed E-state index contributed by atoms with van der Waals surface area (Å²) in [5.74, 6) is -1.41. The van der Waals surface area contributed by atoms with Crippen LogP contribution in [0.4, 0.5) is 0 Å². The molecular formula is C18H19NO2. The van der Waals surface area contributed by atoms with Crippen molar-refractivity contribution in [3.63, 3.8) is 0 Å². The average Bonchev–Trinajstić information content (AvgIpc) is 2.52. The van der Waals surface area contributed by atoms with Crippen LogP contribution in [0.25, 0.3) is 0 Å². The molecule has 2 atom stereocenters. The second-order valence-corrected chi connectivity index (χ2v) is 4.96. The summed E-state index contributed by atoms with van der Waals surface area (Å²) in [5, 5.41) is 9.33. The smallest absolute Gasteiger partial charge is 0.310 e. The van der Waals surface area contributed by atoms with E-state index >= 15 is 0 Å². The van der Waals surface area contributed by atoms with Gasteiger partial charge in [0.15, 0.2) is 0 Å². The number of aliphatic carboxylic acids is 1. The summed E-state index contributed by atoms with van der Waals surface area (Å²) in [6, 6.07) is 18.9. The number of benzene rings is 2. The zero-order valence-electron chi connectivity index (χ0n) is 11.7. The van der Waals surface area contributed by atoms with Crippen molar-refractivity contribution in [3.8, 4) is 0 Å². The Bertz CT molecular complexity index is 593. The molecule has 0 unspecified atom stereocenters. The largest absolute Gasteiger partial charge is 0.481 e. The van der Waals surface area contributed by atoms with Gasteiger partial charge in [0.05, 0.1) is 5.92 Å². The van der Waals surface area contributed by atoms with Crippen molar-refractivity contribution in [1.82, 2.24) is 0 Å². The molecule has 0 fully saturated rings. The molecule has 21 heavy (non-hydrogen) atoms. The van der Waals surface area contributed by atoms with Gasteiger partial charge in [0.2, 0.25) is 0 Å². The summed E-state index contributed by atoms with van der Waals surface area (Å²) in [6.07, 6.45) is 3.91. The minimum atomic E-state index is -0.838. The molecule has 2 aromatic carbocycles. The van der Waals surface area contributed by atoms with Crippen LogP contribution in [0.3, 0.4) is 0 Å². The molecule has 0 aliphatic carbocycles. The van der Waals surface area contributed by atoms with Gasteiger partial charge in [0.25, 0.3) is 0 Å². The monoisotopic (exact) mass is 281 g/mol. The van der Waals surface area contributed by atoms with E-state index in [9.17, 15) is 9.90 Å². The molecule has 0 bridgehead atoms. The number of carbonyl (C=O) groups is 1. The molecule has 0 saturated heterocycles. The maximum absolute atomic E-state index is 11.4. The first-order valence-corrected chi connectivity index (χ1v) is 6.92. The van der Waals surface area contributed by atoms with Crippen LogP contribution in [0.2, 0.25) is 0 Å². The van der Waals surface area contributed by atoms with Crippen molar-refractivity contribution in [2.75, 3.05) is 0 Å². The molecule has 3 N–H and O–H groups in total. The van der Waals surface area contributed by atoms with Gasteiger partial charge < -0.3 is 10.8 Å². The van der Waals surface area contributed by atoms with Gasteiger partial charge in [-0.15, -0.1) is 0 Å². The molecule has 0 radical (unpaired) electrons. The molecule has 0 aliphatic heterocycles. The lowest BCUT2D eigenvalue weighted by molar-refractivity contribution is -0.140. The molecule has 0 aliphatic rings. The van der Waals surface area contributed by atoms with Gasteiger partial charge in [-0.3, -0.25) is 4.79 Å². The first kappa shape index (κ1) is 15.0. The third kappa shape index (κ3) is 4.58. The van der Waals surface area contributed by atoms with E-state index in [1.165, 1.54) is 0 Å². The van der Waals surface area contributed by atoms with Gasteiger partial charge in [0.1, 0.15) is 0 Å². The Labute approximate surface area is 124 Å². The van der Waals surface area contributed by atoms with E-state index in [1.54, 1.807) is 12.2 Å². The van der Waals surface area contributed by atoms with E-state index in [0.717, 1.165) is 11.1 Å². The van der Waals surface area contributed by atoms with E-state index in [4.69, 9.17) is 5.73 Å². The Balaban J connectivity index is 2.06. The molecule has 0 amide bonds. The van der Waals surface area contributed by atoms with Gasteiger partial charge in [-0.2, -0.15) is 0 Å². The van der Waals surface area contributed by atoms with Gasteiger partial charge in [0, 0.05) is 6.04 Å². The van der Waals surface area contributed by atoms with Crippen molar-refractivity contribution in [1.29, 1.82) is 0 Å². The fourth-order valence-corrected chi connectivity index (χ4v) is 2.15. The summed E-state index contributed by atoms with van der Waals surface area (Å²) >= 11 is 0. The number of carboxylic acids is 1. The fraction of sp³-hybridized carbons (Fsp3) is 0.167. The third-order valence-electron chi connectivity index (χ3n) is 3.35. The zero-order valence-corrected chi connectivity index (χ0v) is 11.7. The van der Waals surface area contributed by atoms with Gasteiger partial charge in [-0.25, -0.2) is 0 Å². The summed E-state index contributed by atoms with van der Waals surface area (Å²) in [7, 11) is 0. The average molecular weight is 281 g/mol. The Kier molecular flexibility index (Phi) is 5.29. The predicted octanol–water partition coefficient (Wildman–Crippen LogP) is 3.19. The summed E-state index contributed by atoms with van der Waals surface area (Å²) in [6.45, 7) is 0. The van der Waals surface area contributed by atoms with Gasteiger partial charge >= 0.3 is 5.97 Å². The van der Waals surface area contributed by atoms with E-state index in [2.05, 4.69) is 0 Å². The number of rotatable bonds is 6. The molecule has 108 valence electrons. The Morgan fingerprint density at radius 3 is 2.14 bits per heavy atom. The van der Waals surface area contributed by atoms with E-state index in [-0.39, 0.29) is 6.04 Å². The van der Waals surface area contributed by atoms with Crippen LogP contribution in [-0.2, 0) is 11.2 Å². The summed E-state index contributed by atoms with van der Waals surface area (Å²) in [4.78, 5) is 11.4. The Morgan fingerprint density at radius 2 is 1.57 bits per heavy atom. The quantitative estimate of drug-likeness (QED) is 0.799. The second kappa shape index (κ2) is 7.41. The van der Waals surface area contributed by atoms with Crippen LogP contribution in [0.15, 0.2) is 72.8 Å². The molecule has 0 spiro atoms. The maximum Gasteiger partial charge on any atom is 0.310 e. The molecule has 2 rings (SSSR count). The highest BCUT2D eigenvalue weighted by molar-refractivity contribution is 5.72. The summed E-state index contributed by atoms with van der Waals surface area (Å²) in [5.41, 5.74) is 8.03. The summed E-state index contributed by atoms with van der Waals surface area (Å²) < 4.78 is 0. The zero-order chi connectivity index (χ0) is 15.1. The van der Waals surface area contributed by atoms with Crippen molar-refractivity contribution in [2.45, 2.75) is 12.5 Å². The Morgan fingerprint density at radius 1 is 1.00 bits per heavy atom. The van der Waals surface area contributed by atoms with Gasteiger partial charge in [-0.05, 0) is 17.5 Å². The predicted molar refractivity (Wildman–Crippen MR) is 83.8 cm³/mol. The minimum absolute atomic E-state index is 0.288. The van der Waals surface area contributed by atoms with Crippen LogP contribution in [0.1, 0.15) is 17.2 Å². The first-order chi connectivity index (χ1) is 10.2. The topological polar surface area (TPSA) is 63.3 Å². The van der Waals surface area contributed by atoms with Crippen LogP contribution in [-0.4, -0.2) is 11.1 Å². The number of carboxylic acid groups (broad SMARTS) is 1. The molecule has 3 nitrogen and oxygen atoms in total. The molecule has 2 aromatic rings. The van der Waals surface area contributed by atoms with Crippen molar-refractivity contribution >= 4 is 5.97 Å². The lowest BCUT2D eigenvalue weighted by Gasteiger charge is -2.10. The molecule has 3 heteroatoms. The van der Waals surface area contributed by atoms with Crippen LogP contribution in [0, 0.1) is 5.92 Å².